The second-order valence-electron chi connectivity index (χ2n) is 0.648. The molecule has 1 unspecified atom stereocenters. The van der Waals surface area contributed by atoms with E-state index in [4.69, 9.17) is 21.5 Å². The molecule has 0 aliphatic rings. The van der Waals surface area contributed by atoms with Crippen LogP contribution in [0.3, 0.4) is 0 Å². The summed E-state index contributed by atoms with van der Waals surface area (Å²) in [4.78, 5) is 8.36. The van der Waals surface area contributed by atoms with Gasteiger partial charge in [0.15, 0.2) is 5.56 Å². The Labute approximate surface area is 46.5 Å². The van der Waals surface area contributed by atoms with Crippen LogP contribution in [0.1, 0.15) is 6.92 Å². The predicted octanol–water partition coefficient (Wildman–Crippen LogP) is 0.703. The number of carboxylic acid groups (broad SMARTS) is 1. The Balaban J connectivity index is 0. The second kappa shape index (κ2) is 9.21. The molecular formula is C3H6ClO3. The maximum atomic E-state index is 9.29. The van der Waals surface area contributed by atoms with Gasteiger partial charge in [-0.3, -0.25) is 4.79 Å². The van der Waals surface area contributed by atoms with Gasteiger partial charge >= 0.3 is 0 Å². The minimum atomic E-state index is -0.944. The van der Waals surface area contributed by atoms with Crippen LogP contribution in [0.25, 0.3) is 0 Å². The van der Waals surface area contributed by atoms with Crippen LogP contribution in [0, 0.1) is 0 Å². The molecule has 0 heterocycles. The number of halogens is 1. The Morgan fingerprint density at radius 2 is 1.86 bits per heavy atom. The summed E-state index contributed by atoms with van der Waals surface area (Å²) < 4.78 is 0. The molecule has 1 atom stereocenters. The summed E-state index contributed by atoms with van der Waals surface area (Å²) in [6, 6.07) is 0. The zero-order valence-electron chi connectivity index (χ0n) is 3.80. The molecule has 0 aromatic carbocycles. The van der Waals surface area contributed by atoms with E-state index in [9.17, 15) is 5.11 Å². The Hall–Kier alpha value is -0.280. The van der Waals surface area contributed by atoms with E-state index in [0.717, 1.165) is 0 Å². The standard InChI is InChI=1S/C2H4ClO.CH2O2/c1-2(3)4;2-1-3/h2H,1H3;1H,(H,2,3). The van der Waals surface area contributed by atoms with Gasteiger partial charge in [0.1, 0.15) is 0 Å². The van der Waals surface area contributed by atoms with Crippen molar-refractivity contribution in [2.45, 2.75) is 12.5 Å². The summed E-state index contributed by atoms with van der Waals surface area (Å²) in [5, 5.41) is 16.2. The first-order valence-electron chi connectivity index (χ1n) is 1.53. The van der Waals surface area contributed by atoms with Gasteiger partial charge in [0.25, 0.3) is 6.47 Å². The Kier molecular flexibility index (Phi) is 13.0. The van der Waals surface area contributed by atoms with Gasteiger partial charge in [-0.1, -0.05) is 11.6 Å². The minimum absolute atomic E-state index is 0.250. The van der Waals surface area contributed by atoms with Crippen LogP contribution in [0.4, 0.5) is 0 Å². The van der Waals surface area contributed by atoms with Crippen molar-refractivity contribution in [2.24, 2.45) is 0 Å². The molecule has 1 N–H and O–H groups in total. The third-order valence-electron chi connectivity index (χ3n) is 0. The lowest BCUT2D eigenvalue weighted by Gasteiger charge is -1.71. The van der Waals surface area contributed by atoms with Gasteiger partial charge in [-0.25, -0.2) is 5.11 Å². The van der Waals surface area contributed by atoms with Gasteiger partial charge in [-0.05, 0) is 6.92 Å². The SMILES string of the molecule is CC([O])Cl.O=CO. The molecule has 0 aromatic rings. The van der Waals surface area contributed by atoms with Crippen molar-refractivity contribution in [1.82, 2.24) is 0 Å². The molecule has 0 rings (SSSR count). The third kappa shape index (κ3) is 1010. The largest absolute Gasteiger partial charge is 0.483 e. The second-order valence-corrected chi connectivity index (χ2v) is 1.26. The molecule has 0 aromatic heterocycles. The molecule has 0 saturated carbocycles. The molecule has 7 heavy (non-hydrogen) atoms. The molecule has 0 aliphatic heterocycles. The quantitative estimate of drug-likeness (QED) is 0.383. The number of hydrogen-bond acceptors (Lipinski definition) is 1. The van der Waals surface area contributed by atoms with E-state index in [2.05, 4.69) is 0 Å². The maximum absolute atomic E-state index is 9.29. The summed E-state index contributed by atoms with van der Waals surface area (Å²) >= 11 is 4.72. The van der Waals surface area contributed by atoms with E-state index in [1.807, 2.05) is 0 Å². The summed E-state index contributed by atoms with van der Waals surface area (Å²) in [7, 11) is 0. The fourth-order valence-corrected chi connectivity index (χ4v) is 0. The van der Waals surface area contributed by atoms with E-state index in [1.54, 1.807) is 0 Å². The monoisotopic (exact) mass is 125 g/mol. The predicted molar refractivity (Wildman–Crippen MR) is 24.7 cm³/mol. The van der Waals surface area contributed by atoms with Crippen LogP contribution >= 0.6 is 11.6 Å². The molecule has 0 fully saturated rings. The number of alkyl halides is 1. The zero-order valence-corrected chi connectivity index (χ0v) is 4.55. The van der Waals surface area contributed by atoms with Crippen LogP contribution < -0.4 is 0 Å². The van der Waals surface area contributed by atoms with Crippen molar-refractivity contribution >= 4 is 18.1 Å². The number of rotatable bonds is 0. The minimum Gasteiger partial charge on any atom is -0.483 e. The summed E-state index contributed by atoms with van der Waals surface area (Å²) in [6.45, 7) is 1.13. The normalized spacial score (nSPS) is 10.7. The highest BCUT2D eigenvalue weighted by molar-refractivity contribution is 6.19. The van der Waals surface area contributed by atoms with Crippen LogP contribution in [-0.2, 0) is 9.90 Å². The summed E-state index contributed by atoms with van der Waals surface area (Å²) in [6.07, 6.45) is 0. The highest BCUT2D eigenvalue weighted by Crippen LogP contribution is 1.81. The zero-order chi connectivity index (χ0) is 6.28. The van der Waals surface area contributed by atoms with Gasteiger partial charge in [0.2, 0.25) is 0 Å². The fourth-order valence-electron chi connectivity index (χ4n) is 0. The molecule has 3 nitrogen and oxygen atoms in total. The van der Waals surface area contributed by atoms with Crippen molar-refractivity contribution in [3.8, 4) is 0 Å². The molecule has 4 heteroatoms. The average molecular weight is 126 g/mol. The maximum Gasteiger partial charge on any atom is 0.290 e. The van der Waals surface area contributed by atoms with Crippen molar-refractivity contribution in [1.29, 1.82) is 0 Å². The van der Waals surface area contributed by atoms with Crippen molar-refractivity contribution in [3.05, 3.63) is 0 Å². The van der Waals surface area contributed by atoms with Crippen LogP contribution in [0.2, 0.25) is 0 Å². The number of hydrogen-bond donors (Lipinski definition) is 1. The molecular weight excluding hydrogens is 119 g/mol. The summed E-state index contributed by atoms with van der Waals surface area (Å²) in [5.74, 6) is 0. The third-order valence-corrected chi connectivity index (χ3v) is 0. The first-order valence-corrected chi connectivity index (χ1v) is 1.96. The molecule has 1 radical (unpaired) electrons. The lowest BCUT2D eigenvalue weighted by molar-refractivity contribution is -0.122. The van der Waals surface area contributed by atoms with Crippen molar-refractivity contribution < 1.29 is 15.0 Å². The van der Waals surface area contributed by atoms with Crippen LogP contribution in [-0.4, -0.2) is 17.1 Å². The Morgan fingerprint density at radius 1 is 1.86 bits per heavy atom. The van der Waals surface area contributed by atoms with Gasteiger partial charge in [-0.15, -0.1) is 0 Å². The average Bonchev–Trinajstić information content (AvgIpc) is 1.33. The lowest BCUT2D eigenvalue weighted by Crippen LogP contribution is -1.75. The lowest BCUT2D eigenvalue weighted by atomic mass is 10.9. The highest BCUT2D eigenvalue weighted by Gasteiger charge is 1.77. The Morgan fingerprint density at radius 3 is 1.86 bits per heavy atom. The molecule has 0 amide bonds. The smallest absolute Gasteiger partial charge is 0.290 e. The molecule has 0 bridgehead atoms. The number of carbonyl (C=O) groups is 1. The van der Waals surface area contributed by atoms with Crippen molar-refractivity contribution in [3.63, 3.8) is 0 Å². The van der Waals surface area contributed by atoms with E-state index in [1.165, 1.54) is 6.92 Å². The van der Waals surface area contributed by atoms with Crippen molar-refractivity contribution in [2.75, 3.05) is 0 Å². The highest BCUT2D eigenvalue weighted by atomic mass is 35.5. The van der Waals surface area contributed by atoms with E-state index in [0.29, 0.717) is 0 Å². The molecule has 0 saturated heterocycles. The van der Waals surface area contributed by atoms with Gasteiger partial charge in [0, 0.05) is 0 Å². The van der Waals surface area contributed by atoms with Crippen LogP contribution in [0.15, 0.2) is 0 Å². The summed E-state index contributed by atoms with van der Waals surface area (Å²) in [5.41, 5.74) is -0.944. The van der Waals surface area contributed by atoms with E-state index in [-0.39, 0.29) is 6.47 Å². The topological polar surface area (TPSA) is 57.2 Å². The fraction of sp³-hybridized carbons (Fsp3) is 0.667. The molecule has 43 valence electrons. The molecule has 0 spiro atoms. The van der Waals surface area contributed by atoms with Gasteiger partial charge in [-0.2, -0.15) is 0 Å². The van der Waals surface area contributed by atoms with Gasteiger partial charge < -0.3 is 5.11 Å². The Bertz CT molecular complexity index is 34.4. The van der Waals surface area contributed by atoms with Gasteiger partial charge in [0.05, 0.1) is 0 Å². The van der Waals surface area contributed by atoms with E-state index >= 15 is 0 Å². The first kappa shape index (κ1) is 9.87. The molecule has 0 aliphatic carbocycles. The van der Waals surface area contributed by atoms with E-state index < -0.39 is 5.56 Å². The van der Waals surface area contributed by atoms with Crippen LogP contribution in [0.5, 0.6) is 0 Å². The first-order chi connectivity index (χ1) is 3.15.